The second-order valence-corrected chi connectivity index (χ2v) is 5.55. The van der Waals surface area contributed by atoms with Gasteiger partial charge >= 0.3 is 0 Å². The van der Waals surface area contributed by atoms with Gasteiger partial charge in [0, 0.05) is 35.1 Å². The zero-order valence-electron chi connectivity index (χ0n) is 12.5. The topological polar surface area (TPSA) is 43.1 Å². The molecule has 1 aromatic carbocycles. The molecule has 6 heteroatoms. The van der Waals surface area contributed by atoms with Crippen LogP contribution in [0.3, 0.4) is 0 Å². The Morgan fingerprint density at radius 1 is 1.00 bits per heavy atom. The van der Waals surface area contributed by atoms with Crippen molar-refractivity contribution in [1.29, 1.82) is 0 Å². The minimum Gasteiger partial charge on any atom is -0.250 e. The molecular formula is C17H12F2N4. The van der Waals surface area contributed by atoms with Crippen molar-refractivity contribution < 1.29 is 8.78 Å². The monoisotopic (exact) mass is 310 g/mol. The van der Waals surface area contributed by atoms with Crippen LogP contribution >= 0.6 is 0 Å². The predicted octanol–water partition coefficient (Wildman–Crippen LogP) is 3.84. The molecule has 0 amide bonds. The second kappa shape index (κ2) is 4.81. The van der Waals surface area contributed by atoms with Gasteiger partial charge in [-0.25, -0.2) is 23.3 Å². The number of halogens is 2. The summed E-state index contributed by atoms with van der Waals surface area (Å²) < 4.78 is 29.4. The van der Waals surface area contributed by atoms with Crippen molar-refractivity contribution >= 4 is 16.6 Å². The first-order chi connectivity index (χ1) is 11.0. The first-order valence-corrected chi connectivity index (χ1v) is 7.10. The van der Waals surface area contributed by atoms with Crippen molar-refractivity contribution in [1.82, 2.24) is 19.6 Å². The van der Waals surface area contributed by atoms with E-state index in [2.05, 4.69) is 15.1 Å². The van der Waals surface area contributed by atoms with Gasteiger partial charge in [0.05, 0.1) is 6.20 Å². The van der Waals surface area contributed by atoms with Crippen LogP contribution in [0.1, 0.15) is 11.3 Å². The molecule has 4 aromatic rings. The van der Waals surface area contributed by atoms with E-state index in [0.29, 0.717) is 27.9 Å². The van der Waals surface area contributed by atoms with Crippen LogP contribution in [0.25, 0.3) is 27.7 Å². The molecule has 0 aliphatic heterocycles. The Bertz CT molecular complexity index is 1070. The largest absolute Gasteiger partial charge is 0.250 e. The fourth-order valence-corrected chi connectivity index (χ4v) is 2.76. The molecule has 0 bridgehead atoms. The standard InChI is InChI=1S/C17H12F2N4/c1-9-6-20-17-14(7-21-23(17)8-9)12-3-10(2)22-16-13(12)4-11(18)5-15(16)19/h3-8H,1-2H3. The average Bonchev–Trinajstić information content (AvgIpc) is 2.90. The molecule has 0 fully saturated rings. The van der Waals surface area contributed by atoms with Crippen molar-refractivity contribution in [3.05, 3.63) is 59.7 Å². The normalized spacial score (nSPS) is 11.5. The highest BCUT2D eigenvalue weighted by atomic mass is 19.1. The molecule has 3 aromatic heterocycles. The SMILES string of the molecule is Cc1cnc2c(-c3cc(C)nc4c(F)cc(F)cc34)cnn2c1. The number of fused-ring (bicyclic) bond motifs is 2. The molecule has 0 radical (unpaired) electrons. The van der Waals surface area contributed by atoms with Crippen molar-refractivity contribution in [2.24, 2.45) is 0 Å². The maximum atomic E-state index is 14.1. The molecule has 0 aliphatic rings. The van der Waals surface area contributed by atoms with Crippen LogP contribution in [-0.2, 0) is 0 Å². The summed E-state index contributed by atoms with van der Waals surface area (Å²) in [4.78, 5) is 8.58. The molecule has 0 N–H and O–H groups in total. The minimum absolute atomic E-state index is 0.146. The molecule has 4 nitrogen and oxygen atoms in total. The molecule has 3 heterocycles. The van der Waals surface area contributed by atoms with Crippen molar-refractivity contribution in [2.45, 2.75) is 13.8 Å². The summed E-state index contributed by atoms with van der Waals surface area (Å²) in [6.07, 6.45) is 5.24. The number of aryl methyl sites for hydroxylation is 2. The lowest BCUT2D eigenvalue weighted by Gasteiger charge is -2.08. The molecule has 0 saturated heterocycles. The van der Waals surface area contributed by atoms with Crippen LogP contribution in [0.4, 0.5) is 8.78 Å². The van der Waals surface area contributed by atoms with E-state index in [1.54, 1.807) is 29.9 Å². The van der Waals surface area contributed by atoms with E-state index in [1.807, 2.05) is 13.1 Å². The summed E-state index contributed by atoms with van der Waals surface area (Å²) in [6, 6.07) is 3.92. The third-order valence-electron chi connectivity index (χ3n) is 3.74. The first kappa shape index (κ1) is 13.8. The number of pyridine rings is 1. The van der Waals surface area contributed by atoms with E-state index in [9.17, 15) is 8.78 Å². The van der Waals surface area contributed by atoms with Crippen LogP contribution in [-0.4, -0.2) is 19.6 Å². The van der Waals surface area contributed by atoms with E-state index < -0.39 is 11.6 Å². The van der Waals surface area contributed by atoms with E-state index in [-0.39, 0.29) is 5.52 Å². The van der Waals surface area contributed by atoms with E-state index in [4.69, 9.17) is 0 Å². The lowest BCUT2D eigenvalue weighted by molar-refractivity contribution is 0.590. The Hall–Kier alpha value is -2.89. The van der Waals surface area contributed by atoms with Gasteiger partial charge in [-0.2, -0.15) is 5.10 Å². The van der Waals surface area contributed by atoms with E-state index in [1.165, 1.54) is 6.07 Å². The summed E-state index contributed by atoms with van der Waals surface area (Å²) >= 11 is 0. The quantitative estimate of drug-likeness (QED) is 0.536. The maximum Gasteiger partial charge on any atom is 0.162 e. The number of benzene rings is 1. The summed E-state index contributed by atoms with van der Waals surface area (Å²) in [5, 5.41) is 4.69. The average molecular weight is 310 g/mol. The van der Waals surface area contributed by atoms with E-state index >= 15 is 0 Å². The Labute approximate surface area is 130 Å². The second-order valence-electron chi connectivity index (χ2n) is 5.55. The first-order valence-electron chi connectivity index (χ1n) is 7.10. The number of hydrogen-bond acceptors (Lipinski definition) is 3. The predicted molar refractivity (Wildman–Crippen MR) is 83.1 cm³/mol. The summed E-state index contributed by atoms with van der Waals surface area (Å²) in [7, 11) is 0. The Kier molecular flexibility index (Phi) is 2.87. The molecule has 23 heavy (non-hydrogen) atoms. The molecule has 0 unspecified atom stereocenters. The molecule has 114 valence electrons. The van der Waals surface area contributed by atoms with E-state index in [0.717, 1.165) is 11.6 Å². The highest BCUT2D eigenvalue weighted by Gasteiger charge is 2.16. The third kappa shape index (κ3) is 2.14. The van der Waals surface area contributed by atoms with Gasteiger partial charge in [0.15, 0.2) is 11.5 Å². The maximum absolute atomic E-state index is 14.1. The zero-order chi connectivity index (χ0) is 16.1. The molecule has 4 rings (SSSR count). The van der Waals surface area contributed by atoms with Gasteiger partial charge in [-0.3, -0.25) is 0 Å². The van der Waals surface area contributed by atoms with Crippen LogP contribution < -0.4 is 0 Å². The third-order valence-corrected chi connectivity index (χ3v) is 3.74. The molecule has 0 saturated carbocycles. The molecule has 0 aliphatic carbocycles. The van der Waals surface area contributed by atoms with Crippen LogP contribution in [0.15, 0.2) is 36.8 Å². The summed E-state index contributed by atoms with van der Waals surface area (Å²) in [6.45, 7) is 3.69. The fourth-order valence-electron chi connectivity index (χ4n) is 2.76. The summed E-state index contributed by atoms with van der Waals surface area (Å²) in [5.41, 5.74) is 3.77. The minimum atomic E-state index is -0.676. The van der Waals surface area contributed by atoms with Gasteiger partial charge in [0.2, 0.25) is 0 Å². The number of aromatic nitrogens is 4. The zero-order valence-corrected chi connectivity index (χ0v) is 12.5. The van der Waals surface area contributed by atoms with Crippen LogP contribution in [0.2, 0.25) is 0 Å². The van der Waals surface area contributed by atoms with Gasteiger partial charge < -0.3 is 0 Å². The van der Waals surface area contributed by atoms with Gasteiger partial charge in [0.1, 0.15) is 11.3 Å². The Morgan fingerprint density at radius 3 is 2.65 bits per heavy atom. The molecular weight excluding hydrogens is 298 g/mol. The Morgan fingerprint density at radius 2 is 1.83 bits per heavy atom. The highest BCUT2D eigenvalue weighted by molar-refractivity contribution is 5.98. The Balaban J connectivity index is 2.11. The van der Waals surface area contributed by atoms with Crippen LogP contribution in [0, 0.1) is 25.5 Å². The summed E-state index contributed by atoms with van der Waals surface area (Å²) in [5.74, 6) is -1.31. The lowest BCUT2D eigenvalue weighted by atomic mass is 10.0. The van der Waals surface area contributed by atoms with Crippen molar-refractivity contribution in [3.8, 4) is 11.1 Å². The van der Waals surface area contributed by atoms with Gasteiger partial charge in [-0.05, 0) is 37.1 Å². The van der Waals surface area contributed by atoms with Gasteiger partial charge in [-0.1, -0.05) is 0 Å². The highest BCUT2D eigenvalue weighted by Crippen LogP contribution is 2.32. The number of hydrogen-bond donors (Lipinski definition) is 0. The fraction of sp³-hybridized carbons (Fsp3) is 0.118. The lowest BCUT2D eigenvalue weighted by Crippen LogP contribution is -1.94. The van der Waals surface area contributed by atoms with Crippen molar-refractivity contribution in [2.75, 3.05) is 0 Å². The van der Waals surface area contributed by atoms with Gasteiger partial charge in [0.25, 0.3) is 0 Å². The number of nitrogens with zero attached hydrogens (tertiary/aromatic N) is 4. The molecule has 0 atom stereocenters. The van der Waals surface area contributed by atoms with Crippen molar-refractivity contribution in [3.63, 3.8) is 0 Å². The molecule has 0 spiro atoms. The smallest absolute Gasteiger partial charge is 0.162 e. The number of rotatable bonds is 1. The van der Waals surface area contributed by atoms with Crippen LogP contribution in [0.5, 0.6) is 0 Å². The van der Waals surface area contributed by atoms with Gasteiger partial charge in [-0.15, -0.1) is 0 Å².